The Morgan fingerprint density at radius 3 is 3.00 bits per heavy atom. The second kappa shape index (κ2) is 4.06. The van der Waals surface area contributed by atoms with Gasteiger partial charge in [-0.05, 0) is 31.7 Å². The van der Waals surface area contributed by atoms with Crippen LogP contribution in [0.4, 0.5) is 0 Å². The first-order chi connectivity index (χ1) is 6.79. The Labute approximate surface area is 82.3 Å². The standard InChI is InChI=1S/C9H15N3O2/c10-4-3-7(13)9-11-8(12-14-9)5-6-1-2-6/h6-7,13H,1-5,10H2. The summed E-state index contributed by atoms with van der Waals surface area (Å²) < 4.78 is 4.94. The fourth-order valence-corrected chi connectivity index (χ4v) is 1.35. The Kier molecular flexibility index (Phi) is 2.79. The number of aliphatic hydroxyl groups excluding tert-OH is 1. The summed E-state index contributed by atoms with van der Waals surface area (Å²) in [6.07, 6.45) is 3.15. The number of hydrogen-bond acceptors (Lipinski definition) is 5. The molecule has 0 bridgehead atoms. The third kappa shape index (κ3) is 2.30. The molecule has 1 heterocycles. The smallest absolute Gasteiger partial charge is 0.255 e. The summed E-state index contributed by atoms with van der Waals surface area (Å²) in [6, 6.07) is 0. The predicted octanol–water partition coefficient (Wildman–Crippen LogP) is 0.404. The van der Waals surface area contributed by atoms with Gasteiger partial charge in [0.15, 0.2) is 5.82 Å². The van der Waals surface area contributed by atoms with Gasteiger partial charge in [-0.25, -0.2) is 0 Å². The molecule has 1 aliphatic rings. The molecule has 0 saturated heterocycles. The average Bonchev–Trinajstić information content (AvgIpc) is 2.82. The molecular formula is C9H15N3O2. The highest BCUT2D eigenvalue weighted by Crippen LogP contribution is 2.31. The molecule has 1 saturated carbocycles. The summed E-state index contributed by atoms with van der Waals surface area (Å²) >= 11 is 0. The molecule has 1 aromatic heterocycles. The molecule has 1 unspecified atom stereocenters. The van der Waals surface area contributed by atoms with Crippen LogP contribution in [0.15, 0.2) is 4.52 Å². The van der Waals surface area contributed by atoms with Crippen molar-refractivity contribution >= 4 is 0 Å². The number of aliphatic hydroxyl groups is 1. The number of hydrogen-bond donors (Lipinski definition) is 2. The van der Waals surface area contributed by atoms with Gasteiger partial charge in [-0.3, -0.25) is 0 Å². The first-order valence-electron chi connectivity index (χ1n) is 5.00. The van der Waals surface area contributed by atoms with Crippen LogP contribution in [0.1, 0.15) is 37.1 Å². The molecule has 0 spiro atoms. The van der Waals surface area contributed by atoms with Crippen LogP contribution in [0.5, 0.6) is 0 Å². The molecule has 78 valence electrons. The maximum atomic E-state index is 9.51. The van der Waals surface area contributed by atoms with Crippen LogP contribution in [-0.2, 0) is 6.42 Å². The molecule has 1 aliphatic carbocycles. The van der Waals surface area contributed by atoms with Crippen molar-refractivity contribution in [2.45, 2.75) is 31.8 Å². The highest BCUT2D eigenvalue weighted by molar-refractivity contribution is 4.94. The lowest BCUT2D eigenvalue weighted by atomic mass is 10.2. The summed E-state index contributed by atoms with van der Waals surface area (Å²) in [7, 11) is 0. The average molecular weight is 197 g/mol. The monoisotopic (exact) mass is 197 g/mol. The zero-order valence-corrected chi connectivity index (χ0v) is 8.02. The van der Waals surface area contributed by atoms with Gasteiger partial charge in [0.2, 0.25) is 0 Å². The van der Waals surface area contributed by atoms with Gasteiger partial charge in [-0.2, -0.15) is 4.98 Å². The van der Waals surface area contributed by atoms with Crippen LogP contribution in [0.2, 0.25) is 0 Å². The molecule has 1 atom stereocenters. The lowest BCUT2D eigenvalue weighted by Gasteiger charge is -2.00. The molecule has 5 heteroatoms. The van der Waals surface area contributed by atoms with E-state index < -0.39 is 6.10 Å². The van der Waals surface area contributed by atoms with Crippen LogP contribution in [0.3, 0.4) is 0 Å². The van der Waals surface area contributed by atoms with E-state index in [2.05, 4.69) is 10.1 Å². The van der Waals surface area contributed by atoms with Crippen molar-refractivity contribution in [3.05, 3.63) is 11.7 Å². The van der Waals surface area contributed by atoms with Gasteiger partial charge in [0.1, 0.15) is 6.10 Å². The lowest BCUT2D eigenvalue weighted by Crippen LogP contribution is -2.07. The molecule has 14 heavy (non-hydrogen) atoms. The minimum Gasteiger partial charge on any atom is -0.383 e. The zero-order chi connectivity index (χ0) is 9.97. The normalized spacial score (nSPS) is 18.4. The molecule has 1 aromatic rings. The molecule has 3 N–H and O–H groups in total. The van der Waals surface area contributed by atoms with Crippen molar-refractivity contribution in [1.29, 1.82) is 0 Å². The van der Waals surface area contributed by atoms with E-state index in [-0.39, 0.29) is 0 Å². The first kappa shape index (κ1) is 9.61. The predicted molar refractivity (Wildman–Crippen MR) is 49.4 cm³/mol. The number of nitrogens with zero attached hydrogens (tertiary/aromatic N) is 2. The highest BCUT2D eigenvalue weighted by Gasteiger charge is 2.24. The molecular weight excluding hydrogens is 182 g/mol. The van der Waals surface area contributed by atoms with Gasteiger partial charge in [0.25, 0.3) is 5.89 Å². The topological polar surface area (TPSA) is 85.2 Å². The summed E-state index contributed by atoms with van der Waals surface area (Å²) in [5.41, 5.74) is 5.31. The van der Waals surface area contributed by atoms with Crippen molar-refractivity contribution < 1.29 is 9.63 Å². The van der Waals surface area contributed by atoms with E-state index in [0.717, 1.165) is 12.3 Å². The summed E-state index contributed by atoms with van der Waals surface area (Å²) in [5, 5.41) is 13.3. The Hall–Kier alpha value is -0.940. The largest absolute Gasteiger partial charge is 0.383 e. The summed E-state index contributed by atoms with van der Waals surface area (Å²) in [6.45, 7) is 0.418. The van der Waals surface area contributed by atoms with Gasteiger partial charge in [-0.15, -0.1) is 0 Å². The first-order valence-corrected chi connectivity index (χ1v) is 5.00. The second-order valence-corrected chi connectivity index (χ2v) is 3.79. The van der Waals surface area contributed by atoms with Gasteiger partial charge in [-0.1, -0.05) is 5.16 Å². The van der Waals surface area contributed by atoms with Crippen molar-refractivity contribution in [1.82, 2.24) is 10.1 Å². The SMILES string of the molecule is NCCC(O)c1nc(CC2CC2)no1. The minimum atomic E-state index is -0.708. The minimum absolute atomic E-state index is 0.297. The Morgan fingerprint density at radius 2 is 2.36 bits per heavy atom. The molecule has 1 fully saturated rings. The van der Waals surface area contributed by atoms with Crippen LogP contribution < -0.4 is 5.73 Å². The van der Waals surface area contributed by atoms with Crippen molar-refractivity contribution in [2.24, 2.45) is 11.7 Å². The van der Waals surface area contributed by atoms with Gasteiger partial charge < -0.3 is 15.4 Å². The van der Waals surface area contributed by atoms with Crippen LogP contribution >= 0.6 is 0 Å². The fraction of sp³-hybridized carbons (Fsp3) is 0.778. The summed E-state index contributed by atoms with van der Waals surface area (Å²) in [5.74, 6) is 1.73. The van der Waals surface area contributed by atoms with E-state index in [9.17, 15) is 5.11 Å². The third-order valence-corrected chi connectivity index (χ3v) is 2.38. The van der Waals surface area contributed by atoms with Crippen LogP contribution in [0, 0.1) is 5.92 Å². The number of rotatable bonds is 5. The molecule has 5 nitrogen and oxygen atoms in total. The van der Waals surface area contributed by atoms with Crippen LogP contribution in [-0.4, -0.2) is 21.8 Å². The van der Waals surface area contributed by atoms with Gasteiger partial charge >= 0.3 is 0 Å². The Balaban J connectivity index is 1.93. The molecule has 0 aliphatic heterocycles. The second-order valence-electron chi connectivity index (χ2n) is 3.79. The highest BCUT2D eigenvalue weighted by atomic mass is 16.5. The van der Waals surface area contributed by atoms with E-state index in [0.29, 0.717) is 24.7 Å². The maximum Gasteiger partial charge on any atom is 0.255 e. The molecule has 0 aromatic carbocycles. The van der Waals surface area contributed by atoms with E-state index in [4.69, 9.17) is 10.3 Å². The quantitative estimate of drug-likeness (QED) is 0.713. The Bertz CT molecular complexity index is 296. The zero-order valence-electron chi connectivity index (χ0n) is 8.02. The van der Waals surface area contributed by atoms with Crippen molar-refractivity contribution in [2.75, 3.05) is 6.54 Å². The van der Waals surface area contributed by atoms with Crippen molar-refractivity contribution in [3.63, 3.8) is 0 Å². The van der Waals surface area contributed by atoms with E-state index in [1.54, 1.807) is 0 Å². The molecule has 2 rings (SSSR count). The third-order valence-electron chi connectivity index (χ3n) is 2.38. The maximum absolute atomic E-state index is 9.51. The van der Waals surface area contributed by atoms with Gasteiger partial charge in [0.05, 0.1) is 0 Å². The number of nitrogens with two attached hydrogens (primary N) is 1. The lowest BCUT2D eigenvalue weighted by molar-refractivity contribution is 0.127. The molecule has 0 amide bonds. The van der Waals surface area contributed by atoms with E-state index >= 15 is 0 Å². The Morgan fingerprint density at radius 1 is 1.57 bits per heavy atom. The fourth-order valence-electron chi connectivity index (χ4n) is 1.35. The van der Waals surface area contributed by atoms with E-state index in [1.807, 2.05) is 0 Å². The van der Waals surface area contributed by atoms with Crippen LogP contribution in [0.25, 0.3) is 0 Å². The van der Waals surface area contributed by atoms with Crippen molar-refractivity contribution in [3.8, 4) is 0 Å². The van der Waals surface area contributed by atoms with Gasteiger partial charge in [0, 0.05) is 6.42 Å². The van der Waals surface area contributed by atoms with E-state index in [1.165, 1.54) is 12.8 Å². The summed E-state index contributed by atoms with van der Waals surface area (Å²) in [4.78, 5) is 4.13. The number of aromatic nitrogens is 2. The molecule has 0 radical (unpaired) electrons.